The van der Waals surface area contributed by atoms with Crippen molar-refractivity contribution in [2.75, 3.05) is 26.2 Å². The van der Waals surface area contributed by atoms with Crippen LogP contribution in [-0.2, 0) is 27.3 Å². The van der Waals surface area contributed by atoms with E-state index >= 15 is 0 Å². The Kier molecular flexibility index (Phi) is 10.4. The first-order chi connectivity index (χ1) is 17.7. The lowest BCUT2D eigenvalue weighted by atomic mass is 9.99. The molecule has 3 rings (SSSR count). The molecular weight excluding hydrogens is 521 g/mol. The first-order valence-corrected chi connectivity index (χ1v) is 12.8. The molecule has 1 aliphatic heterocycles. The number of hydrogen-bond acceptors (Lipinski definition) is 6. The average Bonchev–Trinajstić information content (AvgIpc) is 3.26. The zero-order valence-electron chi connectivity index (χ0n) is 20.4. The Morgan fingerprint density at radius 1 is 1.22 bits per heavy atom. The van der Waals surface area contributed by atoms with Crippen LogP contribution in [0.5, 0.6) is 0 Å². The molecule has 0 saturated heterocycles. The van der Waals surface area contributed by atoms with Gasteiger partial charge in [0, 0.05) is 66.6 Å². The molecular formula is C25H31Cl2N5O5. The molecule has 37 heavy (non-hydrogen) atoms. The van der Waals surface area contributed by atoms with Gasteiger partial charge in [-0.1, -0.05) is 36.0 Å². The summed E-state index contributed by atoms with van der Waals surface area (Å²) in [7, 11) is 0. The molecule has 0 radical (unpaired) electrons. The lowest BCUT2D eigenvalue weighted by molar-refractivity contribution is -0.137. The number of aromatic amines is 1. The van der Waals surface area contributed by atoms with Crippen molar-refractivity contribution in [2.45, 2.75) is 45.1 Å². The Labute approximate surface area is 224 Å². The number of hydrogen-bond donors (Lipinski definition) is 5. The van der Waals surface area contributed by atoms with Crippen LogP contribution in [0.15, 0.2) is 17.1 Å². The van der Waals surface area contributed by atoms with Crippen LogP contribution in [0, 0.1) is 0 Å². The molecule has 6 N–H and O–H groups in total. The van der Waals surface area contributed by atoms with Gasteiger partial charge < -0.3 is 31.1 Å². The highest BCUT2D eigenvalue weighted by molar-refractivity contribution is 6.45. The van der Waals surface area contributed by atoms with Gasteiger partial charge in [0.2, 0.25) is 11.8 Å². The Hall–Kier alpha value is -3.08. The predicted molar refractivity (Wildman–Crippen MR) is 144 cm³/mol. The number of carboxylic acid groups (broad SMARTS) is 1. The minimum Gasteiger partial charge on any atom is -0.481 e. The first-order valence-electron chi connectivity index (χ1n) is 12.1. The molecule has 200 valence electrons. The predicted octanol–water partition coefficient (Wildman–Crippen LogP) is 2.87. The number of aliphatic hydroxyl groups is 1. The van der Waals surface area contributed by atoms with E-state index in [1.165, 1.54) is 6.21 Å². The van der Waals surface area contributed by atoms with Crippen molar-refractivity contribution in [2.24, 2.45) is 10.7 Å². The second kappa shape index (κ2) is 13.5. The summed E-state index contributed by atoms with van der Waals surface area (Å²) in [4.78, 5) is 43.5. The van der Waals surface area contributed by atoms with Gasteiger partial charge in [0.15, 0.2) is 0 Å². The normalized spacial score (nSPS) is 13.8. The monoisotopic (exact) mass is 551 g/mol. The van der Waals surface area contributed by atoms with E-state index in [1.54, 1.807) is 17.0 Å². The number of halogens is 2. The minimum atomic E-state index is -0.793. The summed E-state index contributed by atoms with van der Waals surface area (Å²) in [5.74, 6) is -1.37. The van der Waals surface area contributed by atoms with E-state index in [2.05, 4.69) is 15.3 Å². The fourth-order valence-electron chi connectivity index (χ4n) is 4.28. The second-order valence-electron chi connectivity index (χ2n) is 8.80. The molecule has 1 aliphatic rings. The van der Waals surface area contributed by atoms with Gasteiger partial charge in [0.25, 0.3) is 0 Å². The van der Waals surface area contributed by atoms with Crippen LogP contribution in [0.1, 0.15) is 48.9 Å². The van der Waals surface area contributed by atoms with Crippen LogP contribution in [0.3, 0.4) is 0 Å². The number of fused-ring (bicyclic) bond motifs is 3. The zero-order valence-corrected chi connectivity index (χ0v) is 21.9. The van der Waals surface area contributed by atoms with Crippen LogP contribution >= 0.6 is 23.2 Å². The molecule has 0 unspecified atom stereocenters. The highest BCUT2D eigenvalue weighted by atomic mass is 35.5. The number of aliphatic imine (C=N–C) groups is 1. The number of nitrogens with one attached hydrogen (secondary N) is 2. The molecule has 2 aromatic rings. The highest BCUT2D eigenvalue weighted by Gasteiger charge is 2.27. The van der Waals surface area contributed by atoms with Crippen molar-refractivity contribution in [3.05, 3.63) is 39.0 Å². The van der Waals surface area contributed by atoms with Gasteiger partial charge in [-0.05, 0) is 25.0 Å². The summed E-state index contributed by atoms with van der Waals surface area (Å²) in [6.45, 7) is 0.674. The minimum absolute atomic E-state index is 0.0582. The van der Waals surface area contributed by atoms with E-state index in [1.807, 2.05) is 0 Å². The number of carboxylic acids is 1. The number of nitrogens with zero attached hydrogens (tertiary/aromatic N) is 2. The second-order valence-corrected chi connectivity index (χ2v) is 9.58. The number of H-pyrrole nitrogens is 1. The summed E-state index contributed by atoms with van der Waals surface area (Å²) in [5, 5.41) is 22.1. The van der Waals surface area contributed by atoms with Gasteiger partial charge in [-0.25, -0.2) is 0 Å². The zero-order chi connectivity index (χ0) is 26.9. The van der Waals surface area contributed by atoms with Crippen LogP contribution < -0.4 is 11.1 Å². The van der Waals surface area contributed by atoms with Crippen molar-refractivity contribution < 1.29 is 24.6 Å². The maximum atomic E-state index is 12.1. The molecule has 0 fully saturated rings. The van der Waals surface area contributed by atoms with Gasteiger partial charge in [-0.2, -0.15) is 0 Å². The number of aromatic nitrogens is 1. The molecule has 2 heterocycles. The topological polar surface area (TPSA) is 161 Å². The standard InChI is InChI=1S/C25H31Cl2N5O5/c26-17-11-15(18(28)6-9-29-12-20(34)30-8-4-2-1-3-5-22(36)37)23-16-13-32(21(35)14-33)10-7-19(16)31-25(23)24(17)27/h6,9,11,31,33H,1-5,7-8,10,12-14,28H2,(H,30,34)(H,36,37)/b18-6-,29-9?. The lowest BCUT2D eigenvalue weighted by Gasteiger charge is -2.27. The molecule has 0 saturated carbocycles. The number of amides is 2. The van der Waals surface area contributed by atoms with Gasteiger partial charge in [-0.15, -0.1) is 0 Å². The first kappa shape index (κ1) is 28.5. The Balaban J connectivity index is 1.64. The van der Waals surface area contributed by atoms with Gasteiger partial charge >= 0.3 is 5.97 Å². The molecule has 2 amide bonds. The summed E-state index contributed by atoms with van der Waals surface area (Å²) in [6.07, 6.45) is 6.85. The highest BCUT2D eigenvalue weighted by Crippen LogP contribution is 2.39. The third-order valence-electron chi connectivity index (χ3n) is 6.18. The van der Waals surface area contributed by atoms with E-state index in [4.69, 9.17) is 34.0 Å². The lowest BCUT2D eigenvalue weighted by Crippen LogP contribution is -2.37. The largest absolute Gasteiger partial charge is 0.481 e. The van der Waals surface area contributed by atoms with Crippen molar-refractivity contribution in [1.29, 1.82) is 0 Å². The van der Waals surface area contributed by atoms with Crippen molar-refractivity contribution >= 4 is 63.8 Å². The summed E-state index contributed by atoms with van der Waals surface area (Å²) >= 11 is 12.8. The number of carbonyl (C=O) groups is 3. The maximum absolute atomic E-state index is 12.1. The van der Waals surface area contributed by atoms with E-state index in [-0.39, 0.29) is 24.8 Å². The molecule has 1 aromatic carbocycles. The van der Waals surface area contributed by atoms with Gasteiger partial charge in [0.05, 0.1) is 15.6 Å². The molecule has 0 spiro atoms. The molecule has 0 bridgehead atoms. The Morgan fingerprint density at radius 2 is 1.97 bits per heavy atom. The van der Waals surface area contributed by atoms with Crippen LogP contribution in [-0.4, -0.2) is 70.3 Å². The quantitative estimate of drug-likeness (QED) is 0.201. The number of nitrogens with two attached hydrogens (primary N) is 1. The molecule has 0 atom stereocenters. The fourth-order valence-corrected chi connectivity index (χ4v) is 4.68. The van der Waals surface area contributed by atoms with E-state index < -0.39 is 12.6 Å². The van der Waals surface area contributed by atoms with Crippen molar-refractivity contribution in [3.8, 4) is 0 Å². The van der Waals surface area contributed by atoms with Gasteiger partial charge in [-0.3, -0.25) is 19.4 Å². The van der Waals surface area contributed by atoms with Crippen LogP contribution in [0.2, 0.25) is 10.0 Å². The summed E-state index contributed by atoms with van der Waals surface area (Å²) in [6, 6.07) is 1.66. The maximum Gasteiger partial charge on any atom is 0.303 e. The molecule has 12 heteroatoms. The number of benzene rings is 1. The third-order valence-corrected chi connectivity index (χ3v) is 6.96. The summed E-state index contributed by atoms with van der Waals surface area (Å²) < 4.78 is 0. The van der Waals surface area contributed by atoms with Crippen molar-refractivity contribution in [3.63, 3.8) is 0 Å². The molecule has 1 aromatic heterocycles. The Morgan fingerprint density at radius 3 is 2.70 bits per heavy atom. The van der Waals surface area contributed by atoms with E-state index in [0.29, 0.717) is 59.3 Å². The molecule has 0 aliphatic carbocycles. The Bertz CT molecular complexity index is 1220. The summed E-state index contributed by atoms with van der Waals surface area (Å²) in [5.41, 5.74) is 9.78. The van der Waals surface area contributed by atoms with E-state index in [9.17, 15) is 19.5 Å². The molecule has 10 nitrogen and oxygen atoms in total. The number of carbonyl (C=O) groups excluding carboxylic acids is 2. The number of aliphatic carboxylic acids is 1. The number of rotatable bonds is 12. The SMILES string of the molecule is N/C(=C\C=NCC(=O)NCCCCCCC(=O)O)c1cc(Cl)c(Cl)c2[nH]c3c(c12)CN(C(=O)CO)CC3. The number of allylic oxidation sites excluding steroid dienone is 1. The van der Waals surface area contributed by atoms with Crippen LogP contribution in [0.4, 0.5) is 0 Å². The average molecular weight is 552 g/mol. The van der Waals surface area contributed by atoms with Crippen molar-refractivity contribution in [1.82, 2.24) is 15.2 Å². The fraction of sp³-hybridized carbons (Fsp3) is 0.440. The number of aliphatic hydroxyl groups excluding tert-OH is 1. The van der Waals surface area contributed by atoms with E-state index in [0.717, 1.165) is 35.9 Å². The van der Waals surface area contributed by atoms with Crippen LogP contribution in [0.25, 0.3) is 16.6 Å². The number of unbranched alkanes of at least 4 members (excludes halogenated alkanes) is 3. The smallest absolute Gasteiger partial charge is 0.303 e. The third kappa shape index (κ3) is 7.47. The van der Waals surface area contributed by atoms with Gasteiger partial charge in [0.1, 0.15) is 13.2 Å².